The molecule has 0 spiro atoms. The molecule has 6 heteroatoms. The van der Waals surface area contributed by atoms with Crippen LogP contribution in [0, 0.1) is 0 Å². The summed E-state index contributed by atoms with van der Waals surface area (Å²) in [5.74, 6) is 1.81. The highest BCUT2D eigenvalue weighted by atomic mass is 32.2. The van der Waals surface area contributed by atoms with E-state index >= 15 is 0 Å². The average molecular weight is 226 g/mol. The van der Waals surface area contributed by atoms with Crippen molar-refractivity contribution in [1.29, 1.82) is 0 Å². The molecule has 0 aliphatic carbocycles. The second-order valence-corrected chi connectivity index (χ2v) is 4.43. The molecule has 1 aromatic heterocycles. The van der Waals surface area contributed by atoms with Gasteiger partial charge in [-0.1, -0.05) is 0 Å². The number of primary amides is 1. The van der Waals surface area contributed by atoms with E-state index in [1.54, 1.807) is 11.8 Å². The van der Waals surface area contributed by atoms with Crippen LogP contribution in [-0.2, 0) is 12.8 Å². The zero-order valence-corrected chi connectivity index (χ0v) is 9.43. The van der Waals surface area contributed by atoms with Gasteiger partial charge in [-0.25, -0.2) is 4.79 Å². The van der Waals surface area contributed by atoms with Crippen LogP contribution in [0.4, 0.5) is 10.6 Å². The number of carbonyl (C=O) groups excluding carboxylic acids is 1. The number of nitrogens with two attached hydrogens (primary N) is 1. The van der Waals surface area contributed by atoms with Crippen LogP contribution in [0.3, 0.4) is 0 Å². The largest absolute Gasteiger partial charge is 0.369 e. The maximum absolute atomic E-state index is 11.1. The summed E-state index contributed by atoms with van der Waals surface area (Å²) in [5.41, 5.74) is 7.40. The third-order valence-electron chi connectivity index (χ3n) is 2.49. The smallest absolute Gasteiger partial charge is 0.341 e. The number of nitrogens with zero attached hydrogens (tertiary/aromatic N) is 2. The summed E-state index contributed by atoms with van der Waals surface area (Å²) in [6.45, 7) is 0.868. The van der Waals surface area contributed by atoms with Gasteiger partial charge in [-0.3, -0.25) is 0 Å². The van der Waals surface area contributed by atoms with Crippen molar-refractivity contribution >= 4 is 23.6 Å². The van der Waals surface area contributed by atoms with Crippen molar-refractivity contribution in [3.63, 3.8) is 0 Å². The summed E-state index contributed by atoms with van der Waals surface area (Å²) in [4.78, 5) is 11.1. The Morgan fingerprint density at radius 1 is 1.73 bits per heavy atom. The molecule has 1 amide bonds. The van der Waals surface area contributed by atoms with Gasteiger partial charge in [-0.15, -0.1) is 0 Å². The van der Waals surface area contributed by atoms with Crippen LogP contribution >= 0.6 is 11.8 Å². The highest BCUT2D eigenvalue weighted by molar-refractivity contribution is 7.98. The number of thioether (sulfide) groups is 1. The Hall–Kier alpha value is -1.17. The Morgan fingerprint density at radius 2 is 2.53 bits per heavy atom. The summed E-state index contributed by atoms with van der Waals surface area (Å²) in [6, 6.07) is -0.518. The molecule has 0 saturated carbocycles. The first-order chi connectivity index (χ1) is 7.24. The van der Waals surface area contributed by atoms with Gasteiger partial charge in [0.05, 0.1) is 5.69 Å². The van der Waals surface area contributed by atoms with Crippen molar-refractivity contribution in [2.45, 2.75) is 12.8 Å². The molecular weight excluding hydrogens is 212 g/mol. The summed E-state index contributed by atoms with van der Waals surface area (Å²) < 4.78 is 1.28. The van der Waals surface area contributed by atoms with Gasteiger partial charge in [0.25, 0.3) is 0 Å². The molecule has 2 rings (SSSR count). The molecule has 82 valence electrons. The second kappa shape index (κ2) is 4.14. The van der Waals surface area contributed by atoms with Crippen LogP contribution in [0.2, 0.25) is 0 Å². The minimum atomic E-state index is -0.518. The van der Waals surface area contributed by atoms with Gasteiger partial charge >= 0.3 is 6.03 Å². The van der Waals surface area contributed by atoms with E-state index in [9.17, 15) is 4.79 Å². The summed E-state index contributed by atoms with van der Waals surface area (Å²) >= 11 is 1.77. The van der Waals surface area contributed by atoms with Crippen LogP contribution in [0.15, 0.2) is 0 Å². The van der Waals surface area contributed by atoms with E-state index in [0.717, 1.165) is 42.2 Å². The molecule has 0 atom stereocenters. The third kappa shape index (κ3) is 1.81. The third-order valence-corrected chi connectivity index (χ3v) is 3.10. The monoisotopic (exact) mass is 226 g/mol. The first-order valence-corrected chi connectivity index (χ1v) is 6.27. The first kappa shape index (κ1) is 10.4. The Morgan fingerprint density at radius 3 is 3.20 bits per heavy atom. The van der Waals surface area contributed by atoms with Gasteiger partial charge in [0.15, 0.2) is 0 Å². The van der Waals surface area contributed by atoms with E-state index in [0.29, 0.717) is 0 Å². The van der Waals surface area contributed by atoms with Crippen LogP contribution < -0.4 is 11.1 Å². The molecule has 2 heterocycles. The van der Waals surface area contributed by atoms with E-state index in [1.807, 2.05) is 0 Å². The van der Waals surface area contributed by atoms with Crippen LogP contribution in [0.25, 0.3) is 0 Å². The lowest BCUT2D eigenvalue weighted by Gasteiger charge is -1.99. The zero-order chi connectivity index (χ0) is 10.8. The number of hydrogen-bond acceptors (Lipinski definition) is 4. The fourth-order valence-corrected chi connectivity index (χ4v) is 2.20. The topological polar surface area (TPSA) is 72.9 Å². The number of amides is 1. The number of carbonyl (C=O) groups is 1. The normalized spacial score (nSPS) is 13.7. The number of aromatic nitrogens is 2. The Balaban J connectivity index is 2.31. The predicted molar refractivity (Wildman–Crippen MR) is 61.5 cm³/mol. The van der Waals surface area contributed by atoms with Crippen molar-refractivity contribution in [1.82, 2.24) is 9.78 Å². The number of rotatable bonds is 3. The Bertz CT molecular complexity index is 388. The molecule has 1 aromatic rings. The lowest BCUT2D eigenvalue weighted by Crippen LogP contribution is -2.22. The minimum Gasteiger partial charge on any atom is -0.369 e. The van der Waals surface area contributed by atoms with Crippen molar-refractivity contribution < 1.29 is 4.79 Å². The average Bonchev–Trinajstić information content (AvgIpc) is 2.75. The molecule has 0 bridgehead atoms. The van der Waals surface area contributed by atoms with Gasteiger partial charge in [-0.2, -0.15) is 21.5 Å². The molecular formula is C9H14N4OS. The summed E-state index contributed by atoms with van der Waals surface area (Å²) in [5, 5.41) is 7.37. The number of anilines is 1. The molecule has 0 unspecified atom stereocenters. The van der Waals surface area contributed by atoms with E-state index in [2.05, 4.69) is 16.7 Å². The molecule has 5 nitrogen and oxygen atoms in total. The Labute approximate surface area is 92.4 Å². The fourth-order valence-electron chi connectivity index (χ4n) is 1.80. The molecule has 3 N–H and O–H groups in total. The van der Waals surface area contributed by atoms with Crippen molar-refractivity contribution in [2.24, 2.45) is 5.73 Å². The zero-order valence-electron chi connectivity index (χ0n) is 8.62. The van der Waals surface area contributed by atoms with E-state index in [1.165, 1.54) is 4.68 Å². The highest BCUT2D eigenvalue weighted by Crippen LogP contribution is 2.26. The van der Waals surface area contributed by atoms with Gasteiger partial charge in [0, 0.05) is 18.5 Å². The molecule has 0 saturated heterocycles. The molecule has 15 heavy (non-hydrogen) atoms. The quantitative estimate of drug-likeness (QED) is 0.795. The number of hydrogen-bond donors (Lipinski definition) is 2. The maximum Gasteiger partial charge on any atom is 0.341 e. The summed E-state index contributed by atoms with van der Waals surface area (Å²) in [7, 11) is 0. The number of nitrogens with one attached hydrogen (secondary N) is 1. The van der Waals surface area contributed by atoms with Gasteiger partial charge in [0.1, 0.15) is 5.82 Å². The summed E-state index contributed by atoms with van der Waals surface area (Å²) in [6.07, 6.45) is 3.89. The van der Waals surface area contributed by atoms with Crippen molar-refractivity contribution in [3.05, 3.63) is 11.3 Å². The van der Waals surface area contributed by atoms with Crippen molar-refractivity contribution in [3.8, 4) is 0 Å². The van der Waals surface area contributed by atoms with E-state index in [4.69, 9.17) is 5.73 Å². The number of aryl methyl sites for hydroxylation is 1. The molecule has 0 aromatic carbocycles. The van der Waals surface area contributed by atoms with Gasteiger partial charge < -0.3 is 11.1 Å². The second-order valence-electron chi connectivity index (χ2n) is 3.44. The van der Waals surface area contributed by atoms with Gasteiger partial charge in [-0.05, 0) is 18.4 Å². The highest BCUT2D eigenvalue weighted by Gasteiger charge is 2.23. The first-order valence-electron chi connectivity index (χ1n) is 4.87. The van der Waals surface area contributed by atoms with Crippen molar-refractivity contribution in [2.75, 3.05) is 23.9 Å². The molecule has 1 aliphatic heterocycles. The minimum absolute atomic E-state index is 0.518. The predicted octanol–water partition coefficient (Wildman–Crippen LogP) is 0.683. The van der Waals surface area contributed by atoms with Crippen LogP contribution in [0.5, 0.6) is 0 Å². The van der Waals surface area contributed by atoms with E-state index < -0.39 is 6.03 Å². The standard InChI is InChI=1S/C9H14N4OS/c1-15-5-3-7-6-2-4-11-8(6)13(12-7)9(10)14/h11H,2-5H2,1H3,(H2,10,14). The molecule has 0 radical (unpaired) electrons. The lowest BCUT2D eigenvalue weighted by atomic mass is 10.2. The molecule has 1 aliphatic rings. The van der Waals surface area contributed by atoms with Gasteiger partial charge in [0.2, 0.25) is 0 Å². The van der Waals surface area contributed by atoms with E-state index in [-0.39, 0.29) is 0 Å². The molecule has 0 fully saturated rings. The lowest BCUT2D eigenvalue weighted by molar-refractivity contribution is 0.248. The Kier molecular flexibility index (Phi) is 2.86. The van der Waals surface area contributed by atoms with Crippen LogP contribution in [0.1, 0.15) is 11.3 Å². The van der Waals surface area contributed by atoms with Crippen LogP contribution in [-0.4, -0.2) is 34.4 Å². The fraction of sp³-hybridized carbons (Fsp3) is 0.556. The number of fused-ring (bicyclic) bond motifs is 1. The maximum atomic E-state index is 11.1. The SMILES string of the molecule is CSCCc1nn(C(N)=O)c2c1CCN2.